The zero-order valence-electron chi connectivity index (χ0n) is 18.4. The van der Waals surface area contributed by atoms with E-state index in [0.717, 1.165) is 22.3 Å². The van der Waals surface area contributed by atoms with Crippen LogP contribution in [0.2, 0.25) is 0 Å². The number of likely N-dealkylation sites (tertiary alicyclic amines) is 1. The first-order chi connectivity index (χ1) is 16.0. The van der Waals surface area contributed by atoms with Crippen molar-refractivity contribution in [1.29, 1.82) is 0 Å². The maximum absolute atomic E-state index is 12.8. The van der Waals surface area contributed by atoms with Crippen LogP contribution < -0.4 is 5.32 Å². The molecule has 1 unspecified atom stereocenters. The molecule has 2 amide bonds. The van der Waals surface area contributed by atoms with E-state index in [1.807, 2.05) is 36.4 Å². The van der Waals surface area contributed by atoms with Gasteiger partial charge in [0, 0.05) is 31.3 Å². The van der Waals surface area contributed by atoms with Crippen LogP contribution in [0.3, 0.4) is 0 Å². The molecule has 2 aliphatic rings. The molecule has 1 aliphatic carbocycles. The fourth-order valence-electron chi connectivity index (χ4n) is 4.53. The third-order valence-corrected chi connectivity index (χ3v) is 6.15. The number of alkyl carbamates (subject to hydrolysis) is 1. The lowest BCUT2D eigenvalue weighted by Gasteiger charge is -2.40. The molecule has 1 aliphatic heterocycles. The van der Waals surface area contributed by atoms with Crippen LogP contribution in [0, 0.1) is 17.8 Å². The van der Waals surface area contributed by atoms with Crippen molar-refractivity contribution < 1.29 is 24.2 Å². The lowest BCUT2D eigenvalue weighted by Crippen LogP contribution is -2.57. The largest absolute Gasteiger partial charge is 0.481 e. The van der Waals surface area contributed by atoms with Crippen LogP contribution in [-0.2, 0) is 14.3 Å². The van der Waals surface area contributed by atoms with E-state index < -0.39 is 18.1 Å². The number of hydrogen-bond acceptors (Lipinski definition) is 4. The van der Waals surface area contributed by atoms with Gasteiger partial charge in [0.15, 0.2) is 0 Å². The Morgan fingerprint density at radius 2 is 1.70 bits per heavy atom. The predicted molar refractivity (Wildman–Crippen MR) is 122 cm³/mol. The molecule has 33 heavy (non-hydrogen) atoms. The quantitative estimate of drug-likeness (QED) is 0.637. The molecular formula is C26H26N2O5. The number of carboxylic acids is 1. The minimum Gasteiger partial charge on any atom is -0.481 e. The van der Waals surface area contributed by atoms with Gasteiger partial charge in [-0.15, -0.1) is 11.8 Å². The molecule has 0 saturated carbocycles. The van der Waals surface area contributed by atoms with Crippen molar-refractivity contribution in [3.63, 3.8) is 0 Å². The fraction of sp³-hybridized carbons (Fsp3) is 0.346. The van der Waals surface area contributed by atoms with Crippen LogP contribution in [0.15, 0.2) is 48.5 Å². The van der Waals surface area contributed by atoms with E-state index in [2.05, 4.69) is 29.3 Å². The minimum absolute atomic E-state index is 0.0308. The average molecular weight is 447 g/mol. The van der Waals surface area contributed by atoms with Gasteiger partial charge in [0.05, 0.1) is 6.42 Å². The Morgan fingerprint density at radius 3 is 2.27 bits per heavy atom. The van der Waals surface area contributed by atoms with Gasteiger partial charge in [-0.2, -0.15) is 0 Å². The zero-order valence-corrected chi connectivity index (χ0v) is 18.4. The lowest BCUT2D eigenvalue weighted by atomic mass is 9.95. The SMILES string of the molecule is CC#CCC(NC(=O)OCC1c2ccccc2-c2ccccc21)C(=O)N1CC(CC(=O)O)C1. The van der Waals surface area contributed by atoms with Crippen LogP contribution >= 0.6 is 0 Å². The number of aliphatic carboxylic acids is 1. The van der Waals surface area contributed by atoms with Gasteiger partial charge in [-0.1, -0.05) is 48.5 Å². The Labute approximate surface area is 192 Å². The molecule has 170 valence electrons. The van der Waals surface area contributed by atoms with Gasteiger partial charge in [0.2, 0.25) is 5.91 Å². The molecule has 7 heteroatoms. The Bertz CT molecular complexity index is 1080. The highest BCUT2D eigenvalue weighted by molar-refractivity contribution is 5.87. The summed E-state index contributed by atoms with van der Waals surface area (Å²) in [5, 5.41) is 11.6. The number of nitrogens with one attached hydrogen (secondary N) is 1. The van der Waals surface area contributed by atoms with E-state index in [1.54, 1.807) is 11.8 Å². The monoisotopic (exact) mass is 446 g/mol. The number of amides is 2. The summed E-state index contributed by atoms with van der Waals surface area (Å²) in [6, 6.07) is 15.3. The van der Waals surface area contributed by atoms with Gasteiger partial charge in [-0.25, -0.2) is 4.79 Å². The smallest absolute Gasteiger partial charge is 0.407 e. The number of fused-ring (bicyclic) bond motifs is 3. The van der Waals surface area contributed by atoms with Crippen molar-refractivity contribution in [3.8, 4) is 23.0 Å². The number of carbonyl (C=O) groups is 3. The van der Waals surface area contributed by atoms with E-state index in [0.29, 0.717) is 13.1 Å². The van der Waals surface area contributed by atoms with Crippen molar-refractivity contribution in [2.24, 2.45) is 5.92 Å². The average Bonchev–Trinajstić information content (AvgIpc) is 3.10. The second-order valence-electron chi connectivity index (χ2n) is 8.36. The molecule has 0 bridgehead atoms. The maximum atomic E-state index is 12.8. The zero-order chi connectivity index (χ0) is 23.4. The molecule has 1 fully saturated rings. The maximum Gasteiger partial charge on any atom is 0.407 e. The van der Waals surface area contributed by atoms with E-state index in [9.17, 15) is 14.4 Å². The second-order valence-corrected chi connectivity index (χ2v) is 8.36. The Hall–Kier alpha value is -3.79. The van der Waals surface area contributed by atoms with Crippen molar-refractivity contribution in [2.75, 3.05) is 19.7 Å². The van der Waals surface area contributed by atoms with E-state index in [1.165, 1.54) is 0 Å². The molecule has 1 heterocycles. The predicted octanol–water partition coefficient (Wildman–Crippen LogP) is 3.24. The van der Waals surface area contributed by atoms with Gasteiger partial charge in [0.1, 0.15) is 12.6 Å². The van der Waals surface area contributed by atoms with Crippen molar-refractivity contribution in [1.82, 2.24) is 10.2 Å². The van der Waals surface area contributed by atoms with E-state index in [4.69, 9.17) is 9.84 Å². The third-order valence-electron chi connectivity index (χ3n) is 6.15. The van der Waals surface area contributed by atoms with Crippen LogP contribution in [-0.4, -0.2) is 53.7 Å². The van der Waals surface area contributed by atoms with Crippen LogP contribution in [0.5, 0.6) is 0 Å². The topological polar surface area (TPSA) is 95.9 Å². The van der Waals surface area contributed by atoms with Crippen LogP contribution in [0.4, 0.5) is 4.79 Å². The molecule has 2 aromatic rings. The van der Waals surface area contributed by atoms with E-state index in [-0.39, 0.29) is 37.2 Å². The van der Waals surface area contributed by atoms with Gasteiger partial charge >= 0.3 is 12.1 Å². The summed E-state index contributed by atoms with van der Waals surface area (Å²) in [4.78, 5) is 37.8. The van der Waals surface area contributed by atoms with Crippen molar-refractivity contribution in [3.05, 3.63) is 59.7 Å². The number of benzene rings is 2. The summed E-state index contributed by atoms with van der Waals surface area (Å²) in [7, 11) is 0. The normalized spacial score (nSPS) is 15.4. The number of rotatable bonds is 7. The number of carboxylic acid groups (broad SMARTS) is 1. The molecule has 0 aromatic heterocycles. The standard InChI is InChI=1S/C26H26N2O5/c1-2-3-12-23(25(31)28-14-17(15-28)13-24(29)30)27-26(32)33-16-22-20-10-6-4-8-18(20)19-9-5-7-11-21(19)22/h4-11,17,22-23H,12-16H2,1H3,(H,27,32)(H,29,30). The first kappa shape index (κ1) is 22.4. The fourth-order valence-corrected chi connectivity index (χ4v) is 4.53. The Kier molecular flexibility index (Phi) is 6.64. The second kappa shape index (κ2) is 9.78. The van der Waals surface area contributed by atoms with Crippen LogP contribution in [0.25, 0.3) is 11.1 Å². The molecule has 4 rings (SSSR count). The van der Waals surface area contributed by atoms with Crippen LogP contribution in [0.1, 0.15) is 36.8 Å². The Morgan fingerprint density at radius 1 is 1.09 bits per heavy atom. The highest BCUT2D eigenvalue weighted by atomic mass is 16.5. The highest BCUT2D eigenvalue weighted by Crippen LogP contribution is 2.44. The van der Waals surface area contributed by atoms with Gasteiger partial charge in [0.25, 0.3) is 0 Å². The van der Waals surface area contributed by atoms with Gasteiger partial charge in [-0.05, 0) is 29.2 Å². The summed E-state index contributed by atoms with van der Waals surface area (Å²) in [6.45, 7) is 2.56. The minimum atomic E-state index is -0.878. The highest BCUT2D eigenvalue weighted by Gasteiger charge is 2.36. The summed E-state index contributed by atoms with van der Waals surface area (Å²) in [6.07, 6.45) is -0.474. The number of ether oxygens (including phenoxy) is 1. The Balaban J connectivity index is 1.38. The third kappa shape index (κ3) is 4.85. The first-order valence-electron chi connectivity index (χ1n) is 11.0. The van der Waals surface area contributed by atoms with Crippen molar-refractivity contribution in [2.45, 2.75) is 31.7 Å². The molecule has 0 spiro atoms. The molecule has 2 aromatic carbocycles. The number of carbonyl (C=O) groups excluding carboxylic acids is 2. The van der Waals surface area contributed by atoms with Crippen molar-refractivity contribution >= 4 is 18.0 Å². The summed E-state index contributed by atoms with van der Waals surface area (Å²) in [5.41, 5.74) is 4.51. The summed E-state index contributed by atoms with van der Waals surface area (Å²) >= 11 is 0. The molecule has 7 nitrogen and oxygen atoms in total. The molecule has 1 saturated heterocycles. The molecule has 1 atom stereocenters. The van der Waals surface area contributed by atoms with Gasteiger partial charge < -0.3 is 20.1 Å². The van der Waals surface area contributed by atoms with E-state index >= 15 is 0 Å². The number of nitrogens with zero attached hydrogens (tertiary/aromatic N) is 1. The molecule has 2 N–H and O–H groups in total. The number of hydrogen-bond donors (Lipinski definition) is 2. The molecule has 0 radical (unpaired) electrons. The first-order valence-corrected chi connectivity index (χ1v) is 11.0. The molecular weight excluding hydrogens is 420 g/mol. The summed E-state index contributed by atoms with van der Waals surface area (Å²) in [5.74, 6) is 4.31. The lowest BCUT2D eigenvalue weighted by molar-refractivity contribution is -0.146. The van der Waals surface area contributed by atoms with Gasteiger partial charge in [-0.3, -0.25) is 9.59 Å². The summed E-state index contributed by atoms with van der Waals surface area (Å²) < 4.78 is 5.56.